The number of aromatic hydroxyl groups is 1. The molecule has 0 unspecified atom stereocenters. The smallest absolute Gasteiger partial charge is 0.252 e. The highest BCUT2D eigenvalue weighted by Crippen LogP contribution is 2.24. The maximum absolute atomic E-state index is 10.7. The van der Waals surface area contributed by atoms with E-state index in [1.165, 1.54) is 6.07 Å². The molecular formula is C7H5I2NO2. The van der Waals surface area contributed by atoms with Crippen molar-refractivity contribution in [1.82, 2.24) is 0 Å². The maximum Gasteiger partial charge on any atom is 0.252 e. The van der Waals surface area contributed by atoms with E-state index in [1.54, 1.807) is 6.07 Å². The SMILES string of the molecule is NC(=O)c1cc(I)c(I)cc1O. The Kier molecular flexibility index (Phi) is 3.16. The van der Waals surface area contributed by atoms with E-state index in [0.717, 1.165) is 7.14 Å². The zero-order valence-electron chi connectivity index (χ0n) is 5.84. The number of carbonyl (C=O) groups excluding carboxylic acids is 1. The molecule has 0 aromatic heterocycles. The number of carbonyl (C=O) groups is 1. The fraction of sp³-hybridized carbons (Fsp3) is 0. The van der Waals surface area contributed by atoms with Gasteiger partial charge in [0.25, 0.3) is 5.91 Å². The van der Waals surface area contributed by atoms with E-state index in [1.807, 2.05) is 0 Å². The number of nitrogens with two attached hydrogens (primary N) is 1. The summed E-state index contributed by atoms with van der Waals surface area (Å²) in [6.07, 6.45) is 0. The lowest BCUT2D eigenvalue weighted by Crippen LogP contribution is -2.11. The normalized spacial score (nSPS) is 9.83. The topological polar surface area (TPSA) is 63.3 Å². The Hall–Kier alpha value is -0.0500. The predicted molar refractivity (Wildman–Crippen MR) is 62.1 cm³/mol. The van der Waals surface area contributed by atoms with Gasteiger partial charge in [-0.1, -0.05) is 0 Å². The number of rotatable bonds is 1. The molecule has 5 heteroatoms. The van der Waals surface area contributed by atoms with Crippen LogP contribution in [0.1, 0.15) is 10.4 Å². The zero-order chi connectivity index (χ0) is 9.30. The predicted octanol–water partition coefficient (Wildman–Crippen LogP) is 1.70. The van der Waals surface area contributed by atoms with Crippen LogP contribution in [0, 0.1) is 7.14 Å². The Bertz CT molecular complexity index is 338. The third-order valence-corrected chi connectivity index (χ3v) is 4.12. The first kappa shape index (κ1) is 10.0. The van der Waals surface area contributed by atoms with Crippen LogP contribution < -0.4 is 5.73 Å². The van der Waals surface area contributed by atoms with Crippen molar-refractivity contribution in [2.24, 2.45) is 5.73 Å². The van der Waals surface area contributed by atoms with Crippen molar-refractivity contribution in [1.29, 1.82) is 0 Å². The van der Waals surface area contributed by atoms with Crippen molar-refractivity contribution in [3.8, 4) is 5.75 Å². The van der Waals surface area contributed by atoms with Crippen molar-refractivity contribution >= 4 is 51.1 Å². The first-order valence-electron chi connectivity index (χ1n) is 3.00. The van der Waals surface area contributed by atoms with Gasteiger partial charge in [-0.05, 0) is 57.3 Å². The molecule has 1 aromatic carbocycles. The highest BCUT2D eigenvalue weighted by atomic mass is 127. The molecule has 1 rings (SSSR count). The van der Waals surface area contributed by atoms with Gasteiger partial charge in [-0.2, -0.15) is 0 Å². The summed E-state index contributed by atoms with van der Waals surface area (Å²) < 4.78 is 1.80. The van der Waals surface area contributed by atoms with Crippen molar-refractivity contribution in [3.05, 3.63) is 24.8 Å². The van der Waals surface area contributed by atoms with Crippen LogP contribution in [0.25, 0.3) is 0 Å². The van der Waals surface area contributed by atoms with Gasteiger partial charge in [0.2, 0.25) is 0 Å². The van der Waals surface area contributed by atoms with E-state index >= 15 is 0 Å². The van der Waals surface area contributed by atoms with Gasteiger partial charge in [0.1, 0.15) is 5.75 Å². The van der Waals surface area contributed by atoms with Gasteiger partial charge in [0.05, 0.1) is 5.56 Å². The van der Waals surface area contributed by atoms with Crippen molar-refractivity contribution < 1.29 is 9.90 Å². The number of halogens is 2. The van der Waals surface area contributed by atoms with Gasteiger partial charge in [-0.25, -0.2) is 0 Å². The van der Waals surface area contributed by atoms with E-state index in [9.17, 15) is 9.90 Å². The van der Waals surface area contributed by atoms with Crippen LogP contribution >= 0.6 is 45.2 Å². The number of hydrogen-bond donors (Lipinski definition) is 2. The van der Waals surface area contributed by atoms with Crippen LogP contribution in [-0.2, 0) is 0 Å². The van der Waals surface area contributed by atoms with E-state index in [4.69, 9.17) is 5.73 Å². The number of benzene rings is 1. The van der Waals surface area contributed by atoms with Gasteiger partial charge >= 0.3 is 0 Å². The van der Waals surface area contributed by atoms with Crippen LogP contribution in [0.3, 0.4) is 0 Å². The molecule has 3 nitrogen and oxygen atoms in total. The standard InChI is InChI=1S/C7H5I2NO2/c8-4-1-3(7(10)12)6(11)2-5(4)9/h1-2,11H,(H2,10,12). The van der Waals surface area contributed by atoms with Gasteiger partial charge < -0.3 is 10.8 Å². The Balaban J connectivity index is 3.33. The largest absolute Gasteiger partial charge is 0.507 e. The minimum atomic E-state index is -0.609. The molecule has 1 amide bonds. The van der Waals surface area contributed by atoms with Crippen LogP contribution in [-0.4, -0.2) is 11.0 Å². The zero-order valence-corrected chi connectivity index (χ0v) is 10.2. The lowest BCUT2D eigenvalue weighted by Gasteiger charge is -2.02. The number of amides is 1. The number of hydrogen-bond acceptors (Lipinski definition) is 2. The minimum Gasteiger partial charge on any atom is -0.507 e. The van der Waals surface area contributed by atoms with Gasteiger partial charge in [0.15, 0.2) is 0 Å². The monoisotopic (exact) mass is 389 g/mol. The summed E-state index contributed by atoms with van der Waals surface area (Å²) in [5, 5.41) is 9.28. The van der Waals surface area contributed by atoms with Gasteiger partial charge in [-0.3, -0.25) is 4.79 Å². The van der Waals surface area contributed by atoms with E-state index in [-0.39, 0.29) is 11.3 Å². The number of phenols is 1. The molecule has 0 aliphatic heterocycles. The molecule has 0 aliphatic rings. The summed E-state index contributed by atoms with van der Waals surface area (Å²) in [7, 11) is 0. The van der Waals surface area contributed by atoms with E-state index in [0.29, 0.717) is 0 Å². The van der Waals surface area contributed by atoms with Crippen molar-refractivity contribution in [2.45, 2.75) is 0 Å². The molecule has 0 radical (unpaired) electrons. The first-order valence-corrected chi connectivity index (χ1v) is 5.16. The highest BCUT2D eigenvalue weighted by Gasteiger charge is 2.09. The summed E-state index contributed by atoms with van der Waals surface area (Å²) in [5.41, 5.74) is 5.20. The molecule has 0 heterocycles. The minimum absolute atomic E-state index is 0.0627. The molecule has 0 fully saturated rings. The third kappa shape index (κ3) is 2.00. The highest BCUT2D eigenvalue weighted by molar-refractivity contribution is 14.1. The molecule has 12 heavy (non-hydrogen) atoms. The van der Waals surface area contributed by atoms with Crippen LogP contribution in [0.4, 0.5) is 0 Å². The Labute approximate surface area is 96.6 Å². The Morgan fingerprint density at radius 3 is 2.33 bits per heavy atom. The van der Waals surface area contributed by atoms with Crippen molar-refractivity contribution in [3.63, 3.8) is 0 Å². The van der Waals surface area contributed by atoms with E-state index in [2.05, 4.69) is 45.2 Å². The summed E-state index contributed by atoms with van der Waals surface area (Å²) in [6, 6.07) is 3.09. The van der Waals surface area contributed by atoms with Crippen LogP contribution in [0.5, 0.6) is 5.75 Å². The first-order chi connectivity index (χ1) is 5.52. The average molecular weight is 389 g/mol. The molecule has 1 aromatic rings. The molecule has 64 valence electrons. The molecule has 0 saturated heterocycles. The van der Waals surface area contributed by atoms with Crippen molar-refractivity contribution in [2.75, 3.05) is 0 Å². The third-order valence-electron chi connectivity index (χ3n) is 1.30. The van der Waals surface area contributed by atoms with Gasteiger partial charge in [0, 0.05) is 7.14 Å². The Morgan fingerprint density at radius 2 is 1.83 bits per heavy atom. The molecule has 0 saturated carbocycles. The lowest BCUT2D eigenvalue weighted by atomic mass is 10.2. The summed E-state index contributed by atoms with van der Waals surface area (Å²) in [5.74, 6) is -0.672. The fourth-order valence-corrected chi connectivity index (χ4v) is 1.65. The molecule has 0 aliphatic carbocycles. The molecular weight excluding hydrogens is 384 g/mol. The Morgan fingerprint density at radius 1 is 1.33 bits per heavy atom. The second-order valence-corrected chi connectivity index (χ2v) is 4.47. The maximum atomic E-state index is 10.7. The summed E-state index contributed by atoms with van der Waals surface area (Å²) >= 11 is 4.14. The van der Waals surface area contributed by atoms with Gasteiger partial charge in [-0.15, -0.1) is 0 Å². The molecule has 0 atom stereocenters. The van der Waals surface area contributed by atoms with Crippen LogP contribution in [0.2, 0.25) is 0 Å². The fourth-order valence-electron chi connectivity index (χ4n) is 0.734. The second-order valence-electron chi connectivity index (χ2n) is 2.15. The molecule has 3 N–H and O–H groups in total. The van der Waals surface area contributed by atoms with Crippen LogP contribution in [0.15, 0.2) is 12.1 Å². The average Bonchev–Trinajstić information content (AvgIpc) is 1.96. The quantitative estimate of drug-likeness (QED) is 0.719. The van der Waals surface area contributed by atoms with E-state index < -0.39 is 5.91 Å². The second kappa shape index (κ2) is 3.77. The molecule has 0 spiro atoms. The lowest BCUT2D eigenvalue weighted by molar-refractivity contribution is 0.0997. The number of primary amides is 1. The molecule has 0 bridgehead atoms. The summed E-state index contributed by atoms with van der Waals surface area (Å²) in [6.45, 7) is 0. The summed E-state index contributed by atoms with van der Waals surface area (Å²) in [4.78, 5) is 10.7.